The maximum absolute atomic E-state index is 10.8. The van der Waals surface area contributed by atoms with Crippen LogP contribution in [0, 0.1) is 10.1 Å². The van der Waals surface area contributed by atoms with Gasteiger partial charge in [0.15, 0.2) is 0 Å². The highest BCUT2D eigenvalue weighted by atomic mass is 32.1. The Balaban J connectivity index is 2.10. The van der Waals surface area contributed by atoms with Crippen LogP contribution in [0.2, 0.25) is 0 Å². The molecule has 2 aromatic rings. The highest BCUT2D eigenvalue weighted by molar-refractivity contribution is 7.07. The van der Waals surface area contributed by atoms with Gasteiger partial charge in [-0.05, 0) is 35.0 Å². The zero-order valence-electron chi connectivity index (χ0n) is 10.6. The van der Waals surface area contributed by atoms with E-state index in [2.05, 4.69) is 16.3 Å². The van der Waals surface area contributed by atoms with E-state index in [-0.39, 0.29) is 11.4 Å². The van der Waals surface area contributed by atoms with Crippen molar-refractivity contribution in [1.29, 1.82) is 0 Å². The maximum atomic E-state index is 10.8. The molecule has 19 heavy (non-hydrogen) atoms. The van der Waals surface area contributed by atoms with Crippen LogP contribution in [0.15, 0.2) is 35.0 Å². The maximum Gasteiger partial charge on any atom is 0.292 e. The number of thiophene rings is 1. The largest absolute Gasteiger partial charge is 0.393 e. The van der Waals surface area contributed by atoms with Crippen LogP contribution in [0.5, 0.6) is 0 Å². The van der Waals surface area contributed by atoms with Crippen molar-refractivity contribution in [3.63, 3.8) is 0 Å². The molecule has 6 heteroatoms. The second-order valence-corrected chi connectivity index (χ2v) is 5.19. The Morgan fingerprint density at radius 2 is 2.16 bits per heavy atom. The summed E-state index contributed by atoms with van der Waals surface area (Å²) in [6.07, 6.45) is 0. The summed E-state index contributed by atoms with van der Waals surface area (Å²) in [7, 11) is 1.97. The lowest BCUT2D eigenvalue weighted by molar-refractivity contribution is -0.384. The SMILES string of the molecule is CN(Cc1ccsc1)Cc1cccc([N+](=O)[O-])c1N. The molecule has 2 N–H and O–H groups in total. The normalized spacial score (nSPS) is 10.8. The molecule has 0 aliphatic carbocycles. The summed E-state index contributed by atoms with van der Waals surface area (Å²) in [5.41, 5.74) is 8.08. The molecule has 100 valence electrons. The van der Waals surface area contributed by atoms with Crippen LogP contribution in [0.25, 0.3) is 0 Å². The first kappa shape index (κ1) is 13.5. The Morgan fingerprint density at radius 3 is 2.79 bits per heavy atom. The number of nitrogens with zero attached hydrogens (tertiary/aromatic N) is 2. The van der Waals surface area contributed by atoms with Crippen LogP contribution in [0.3, 0.4) is 0 Å². The zero-order valence-corrected chi connectivity index (χ0v) is 11.4. The van der Waals surface area contributed by atoms with Crippen molar-refractivity contribution in [2.24, 2.45) is 0 Å². The number of nitro groups is 1. The lowest BCUT2D eigenvalue weighted by Gasteiger charge is -2.17. The molecule has 2 rings (SSSR count). The molecule has 0 aliphatic rings. The van der Waals surface area contributed by atoms with Crippen LogP contribution < -0.4 is 5.73 Å². The van der Waals surface area contributed by atoms with E-state index in [1.165, 1.54) is 11.6 Å². The van der Waals surface area contributed by atoms with Crippen LogP contribution >= 0.6 is 11.3 Å². The molecular formula is C13H15N3O2S. The van der Waals surface area contributed by atoms with Crippen molar-refractivity contribution in [1.82, 2.24) is 4.90 Å². The fraction of sp³-hybridized carbons (Fsp3) is 0.231. The predicted octanol–water partition coefficient (Wildman–Crippen LogP) is 2.87. The van der Waals surface area contributed by atoms with Gasteiger partial charge in [0.05, 0.1) is 4.92 Å². The number of rotatable bonds is 5. The summed E-state index contributed by atoms with van der Waals surface area (Å²) in [4.78, 5) is 12.5. The van der Waals surface area contributed by atoms with E-state index in [0.29, 0.717) is 6.54 Å². The molecule has 1 heterocycles. The summed E-state index contributed by atoms with van der Waals surface area (Å²) in [5.74, 6) is 0. The summed E-state index contributed by atoms with van der Waals surface area (Å²) in [5, 5.41) is 15.0. The monoisotopic (exact) mass is 277 g/mol. The molecule has 0 radical (unpaired) electrons. The first-order valence-electron chi connectivity index (χ1n) is 5.79. The smallest absolute Gasteiger partial charge is 0.292 e. The van der Waals surface area contributed by atoms with E-state index in [1.807, 2.05) is 18.5 Å². The average Bonchev–Trinajstić information content (AvgIpc) is 2.84. The molecule has 0 spiro atoms. The molecule has 0 saturated carbocycles. The molecule has 1 aromatic heterocycles. The summed E-state index contributed by atoms with van der Waals surface area (Å²) in [6.45, 7) is 1.38. The number of benzene rings is 1. The van der Waals surface area contributed by atoms with E-state index in [4.69, 9.17) is 5.73 Å². The van der Waals surface area contributed by atoms with E-state index in [9.17, 15) is 10.1 Å². The third-order valence-electron chi connectivity index (χ3n) is 2.84. The van der Waals surface area contributed by atoms with E-state index < -0.39 is 4.92 Å². The first-order chi connectivity index (χ1) is 9.08. The van der Waals surface area contributed by atoms with Gasteiger partial charge in [-0.15, -0.1) is 0 Å². The zero-order chi connectivity index (χ0) is 13.8. The quantitative estimate of drug-likeness (QED) is 0.518. The number of nitrogen functional groups attached to an aromatic ring is 1. The van der Waals surface area contributed by atoms with Gasteiger partial charge in [-0.2, -0.15) is 11.3 Å². The van der Waals surface area contributed by atoms with Gasteiger partial charge in [0.1, 0.15) is 5.69 Å². The van der Waals surface area contributed by atoms with Gasteiger partial charge in [0.2, 0.25) is 0 Å². The standard InChI is InChI=1S/C13H15N3O2S/c1-15(7-10-5-6-19-9-10)8-11-3-2-4-12(13(11)14)16(17)18/h2-6,9H,7-8,14H2,1H3. The van der Waals surface area contributed by atoms with Crippen LogP contribution in [-0.4, -0.2) is 16.9 Å². The average molecular weight is 277 g/mol. The third kappa shape index (κ3) is 3.30. The Morgan fingerprint density at radius 1 is 1.37 bits per heavy atom. The van der Waals surface area contributed by atoms with Crippen LogP contribution in [0.4, 0.5) is 11.4 Å². The number of nitrogens with two attached hydrogens (primary N) is 1. The lowest BCUT2D eigenvalue weighted by Crippen LogP contribution is -2.18. The molecule has 1 aromatic carbocycles. The van der Waals surface area contributed by atoms with E-state index in [0.717, 1.165) is 12.1 Å². The Labute approximate surface area is 115 Å². The second kappa shape index (κ2) is 5.81. The van der Waals surface area contributed by atoms with E-state index >= 15 is 0 Å². The van der Waals surface area contributed by atoms with Crippen molar-refractivity contribution in [2.75, 3.05) is 12.8 Å². The van der Waals surface area contributed by atoms with Gasteiger partial charge in [0, 0.05) is 19.2 Å². The molecule has 0 aliphatic heterocycles. The minimum Gasteiger partial charge on any atom is -0.393 e. The first-order valence-corrected chi connectivity index (χ1v) is 6.73. The molecule has 0 atom stereocenters. The molecule has 0 amide bonds. The minimum atomic E-state index is -0.447. The fourth-order valence-electron chi connectivity index (χ4n) is 1.94. The number of anilines is 1. The fourth-order valence-corrected chi connectivity index (χ4v) is 2.60. The topological polar surface area (TPSA) is 72.4 Å². The molecule has 0 saturated heterocycles. The molecular weight excluding hydrogens is 262 g/mol. The van der Waals surface area contributed by atoms with Crippen molar-refractivity contribution in [2.45, 2.75) is 13.1 Å². The van der Waals surface area contributed by atoms with Gasteiger partial charge in [-0.3, -0.25) is 15.0 Å². The Hall–Kier alpha value is -1.92. The highest BCUT2D eigenvalue weighted by Gasteiger charge is 2.15. The summed E-state index contributed by atoms with van der Waals surface area (Å²) in [6, 6.07) is 6.99. The number of hydrogen-bond donors (Lipinski definition) is 1. The van der Waals surface area contributed by atoms with Crippen molar-refractivity contribution < 1.29 is 4.92 Å². The summed E-state index contributed by atoms with van der Waals surface area (Å²) >= 11 is 1.66. The van der Waals surface area contributed by atoms with Gasteiger partial charge >= 0.3 is 0 Å². The number of hydrogen-bond acceptors (Lipinski definition) is 5. The van der Waals surface area contributed by atoms with Gasteiger partial charge in [-0.1, -0.05) is 12.1 Å². The van der Waals surface area contributed by atoms with Crippen LogP contribution in [-0.2, 0) is 13.1 Å². The summed E-state index contributed by atoms with van der Waals surface area (Å²) < 4.78 is 0. The van der Waals surface area contributed by atoms with Crippen LogP contribution in [0.1, 0.15) is 11.1 Å². The lowest BCUT2D eigenvalue weighted by atomic mass is 10.1. The minimum absolute atomic E-state index is 0.0265. The molecule has 0 unspecified atom stereocenters. The second-order valence-electron chi connectivity index (χ2n) is 4.41. The van der Waals surface area contributed by atoms with Gasteiger partial charge in [-0.25, -0.2) is 0 Å². The Bertz CT molecular complexity index is 569. The van der Waals surface area contributed by atoms with E-state index in [1.54, 1.807) is 17.4 Å². The molecule has 0 fully saturated rings. The van der Waals surface area contributed by atoms with Gasteiger partial charge in [0.25, 0.3) is 5.69 Å². The highest BCUT2D eigenvalue weighted by Crippen LogP contribution is 2.25. The number of para-hydroxylation sites is 1. The third-order valence-corrected chi connectivity index (χ3v) is 3.58. The Kier molecular flexibility index (Phi) is 4.13. The van der Waals surface area contributed by atoms with Crippen molar-refractivity contribution in [3.05, 3.63) is 56.3 Å². The van der Waals surface area contributed by atoms with Crippen molar-refractivity contribution >= 4 is 22.7 Å². The van der Waals surface area contributed by atoms with Gasteiger partial charge < -0.3 is 5.73 Å². The number of nitro benzene ring substituents is 1. The molecule has 5 nitrogen and oxygen atoms in total. The van der Waals surface area contributed by atoms with Crippen molar-refractivity contribution in [3.8, 4) is 0 Å². The predicted molar refractivity (Wildman–Crippen MR) is 77.0 cm³/mol. The molecule has 0 bridgehead atoms.